The molecule has 0 saturated carbocycles. The van der Waals surface area contributed by atoms with Crippen molar-refractivity contribution in [1.82, 2.24) is 4.90 Å². The SMILES string of the molecule is COc1cccc(NC(=O)N2CCS[C@@H]2c2cc(OC)cc(OC)c2)c1. The molecule has 2 aromatic rings. The summed E-state index contributed by atoms with van der Waals surface area (Å²) in [5.74, 6) is 2.99. The summed E-state index contributed by atoms with van der Waals surface area (Å²) in [5.41, 5.74) is 1.68. The smallest absolute Gasteiger partial charge is 0.323 e. The minimum absolute atomic E-state index is 0.0930. The van der Waals surface area contributed by atoms with Gasteiger partial charge in [0, 0.05) is 30.1 Å². The van der Waals surface area contributed by atoms with Crippen LogP contribution >= 0.6 is 11.8 Å². The van der Waals surface area contributed by atoms with Crippen molar-refractivity contribution < 1.29 is 19.0 Å². The Morgan fingerprint density at radius 2 is 1.73 bits per heavy atom. The second-order valence-electron chi connectivity index (χ2n) is 5.72. The number of hydrogen-bond acceptors (Lipinski definition) is 5. The van der Waals surface area contributed by atoms with Crippen molar-refractivity contribution in [3.8, 4) is 17.2 Å². The lowest BCUT2D eigenvalue weighted by Gasteiger charge is -2.25. The van der Waals surface area contributed by atoms with E-state index < -0.39 is 0 Å². The Hall–Kier alpha value is -2.54. The molecule has 0 spiro atoms. The lowest BCUT2D eigenvalue weighted by atomic mass is 10.2. The largest absolute Gasteiger partial charge is 0.497 e. The van der Waals surface area contributed by atoms with Crippen LogP contribution in [0, 0.1) is 0 Å². The standard InChI is InChI=1S/C19H22N2O4S/c1-23-15-6-4-5-14(11-15)20-19(22)21-7-8-26-18(21)13-9-16(24-2)12-17(10-13)25-3/h4-6,9-12,18H,7-8H2,1-3H3,(H,20,22)/t18-/m1/s1. The molecular formula is C19H22N2O4S. The van der Waals surface area contributed by atoms with Crippen LogP contribution in [0.25, 0.3) is 0 Å². The monoisotopic (exact) mass is 374 g/mol. The summed E-state index contributed by atoms with van der Waals surface area (Å²) in [6.07, 6.45) is 0. The van der Waals surface area contributed by atoms with Gasteiger partial charge in [0.15, 0.2) is 0 Å². The van der Waals surface area contributed by atoms with Crippen LogP contribution < -0.4 is 19.5 Å². The molecule has 2 amide bonds. The molecule has 0 unspecified atom stereocenters. The topological polar surface area (TPSA) is 60.0 Å². The quantitative estimate of drug-likeness (QED) is 0.857. The van der Waals surface area contributed by atoms with Gasteiger partial charge in [-0.2, -0.15) is 0 Å². The molecule has 3 rings (SSSR count). The number of methoxy groups -OCH3 is 3. The first-order valence-corrected chi connectivity index (χ1v) is 9.25. The normalized spacial score (nSPS) is 16.3. The predicted octanol–water partition coefficient (Wildman–Crippen LogP) is 3.99. The number of ether oxygens (including phenoxy) is 3. The Morgan fingerprint density at radius 1 is 1.04 bits per heavy atom. The third-order valence-corrected chi connectivity index (χ3v) is 5.39. The maximum atomic E-state index is 12.8. The van der Waals surface area contributed by atoms with Crippen LogP contribution in [0.5, 0.6) is 17.2 Å². The highest BCUT2D eigenvalue weighted by atomic mass is 32.2. The highest BCUT2D eigenvalue weighted by molar-refractivity contribution is 7.99. The van der Waals surface area contributed by atoms with Crippen LogP contribution in [-0.4, -0.2) is 44.6 Å². The van der Waals surface area contributed by atoms with E-state index in [9.17, 15) is 4.79 Å². The summed E-state index contributed by atoms with van der Waals surface area (Å²) in [5, 5.41) is 2.85. The van der Waals surface area contributed by atoms with Gasteiger partial charge in [-0.15, -0.1) is 11.8 Å². The lowest BCUT2D eigenvalue weighted by Crippen LogP contribution is -2.34. The number of nitrogens with zero attached hydrogens (tertiary/aromatic N) is 1. The first-order valence-electron chi connectivity index (χ1n) is 8.21. The third-order valence-electron chi connectivity index (χ3n) is 4.13. The van der Waals surface area contributed by atoms with Crippen molar-refractivity contribution in [2.45, 2.75) is 5.37 Å². The van der Waals surface area contributed by atoms with Gasteiger partial charge in [0.2, 0.25) is 0 Å². The molecular weight excluding hydrogens is 352 g/mol. The van der Waals surface area contributed by atoms with E-state index in [1.54, 1.807) is 39.2 Å². The Morgan fingerprint density at radius 3 is 2.38 bits per heavy atom. The highest BCUT2D eigenvalue weighted by Crippen LogP contribution is 2.40. The van der Waals surface area contributed by atoms with E-state index in [1.807, 2.05) is 41.3 Å². The van der Waals surface area contributed by atoms with Gasteiger partial charge in [0.1, 0.15) is 22.6 Å². The molecule has 0 radical (unpaired) electrons. The molecule has 0 aromatic heterocycles. The highest BCUT2D eigenvalue weighted by Gasteiger charge is 2.31. The van der Waals surface area contributed by atoms with E-state index in [0.29, 0.717) is 29.5 Å². The average molecular weight is 374 g/mol. The van der Waals surface area contributed by atoms with Crippen molar-refractivity contribution in [3.05, 3.63) is 48.0 Å². The fourth-order valence-corrected chi connectivity index (χ4v) is 4.06. The molecule has 1 N–H and O–H groups in total. The van der Waals surface area contributed by atoms with Crippen molar-refractivity contribution in [1.29, 1.82) is 0 Å². The molecule has 1 aliphatic rings. The number of hydrogen-bond donors (Lipinski definition) is 1. The van der Waals surface area contributed by atoms with Crippen molar-refractivity contribution in [2.75, 3.05) is 38.9 Å². The van der Waals surface area contributed by atoms with Crippen molar-refractivity contribution >= 4 is 23.5 Å². The van der Waals surface area contributed by atoms with Gasteiger partial charge in [-0.1, -0.05) is 6.07 Å². The van der Waals surface area contributed by atoms with Crippen LogP contribution in [0.2, 0.25) is 0 Å². The van der Waals surface area contributed by atoms with Crippen LogP contribution in [0.15, 0.2) is 42.5 Å². The number of nitrogens with one attached hydrogen (secondary N) is 1. The lowest BCUT2D eigenvalue weighted by molar-refractivity contribution is 0.214. The number of benzene rings is 2. The number of urea groups is 1. The average Bonchev–Trinajstić information content (AvgIpc) is 3.17. The molecule has 1 heterocycles. The van der Waals surface area contributed by atoms with Crippen molar-refractivity contribution in [3.63, 3.8) is 0 Å². The molecule has 138 valence electrons. The summed E-state index contributed by atoms with van der Waals surface area (Å²) in [6.45, 7) is 0.671. The molecule has 1 fully saturated rings. The minimum Gasteiger partial charge on any atom is -0.497 e. The zero-order valence-electron chi connectivity index (χ0n) is 15.0. The Kier molecular flexibility index (Phi) is 5.78. The van der Waals surface area contributed by atoms with E-state index in [-0.39, 0.29) is 11.4 Å². The van der Waals surface area contributed by atoms with Crippen LogP contribution in [0.3, 0.4) is 0 Å². The van der Waals surface area contributed by atoms with Gasteiger partial charge in [-0.25, -0.2) is 4.79 Å². The van der Waals surface area contributed by atoms with Crippen LogP contribution in [0.4, 0.5) is 10.5 Å². The summed E-state index contributed by atoms with van der Waals surface area (Å²) in [4.78, 5) is 14.6. The van der Waals surface area contributed by atoms with Crippen LogP contribution in [-0.2, 0) is 0 Å². The van der Waals surface area contributed by atoms with E-state index in [1.165, 1.54) is 0 Å². The second-order valence-corrected chi connectivity index (χ2v) is 6.91. The molecule has 2 aromatic carbocycles. The van der Waals surface area contributed by atoms with E-state index in [2.05, 4.69) is 5.32 Å². The number of anilines is 1. The van der Waals surface area contributed by atoms with E-state index in [4.69, 9.17) is 14.2 Å². The number of amides is 2. The van der Waals surface area contributed by atoms with Crippen molar-refractivity contribution in [2.24, 2.45) is 0 Å². The predicted molar refractivity (Wildman–Crippen MR) is 103 cm³/mol. The fraction of sp³-hybridized carbons (Fsp3) is 0.316. The fourth-order valence-electron chi connectivity index (χ4n) is 2.82. The maximum absolute atomic E-state index is 12.8. The second kappa shape index (κ2) is 8.23. The minimum atomic E-state index is -0.143. The molecule has 26 heavy (non-hydrogen) atoms. The summed E-state index contributed by atoms with van der Waals surface area (Å²) in [6, 6.07) is 12.9. The van der Waals surface area contributed by atoms with Gasteiger partial charge in [-0.05, 0) is 29.8 Å². The number of carbonyl (C=O) groups is 1. The van der Waals surface area contributed by atoms with Gasteiger partial charge in [-0.3, -0.25) is 0 Å². The summed E-state index contributed by atoms with van der Waals surface area (Å²) >= 11 is 1.72. The zero-order valence-corrected chi connectivity index (χ0v) is 15.8. The molecule has 7 heteroatoms. The Bertz CT molecular complexity index is 762. The van der Waals surface area contributed by atoms with Crippen LogP contribution in [0.1, 0.15) is 10.9 Å². The maximum Gasteiger partial charge on any atom is 0.323 e. The van der Waals surface area contributed by atoms with E-state index in [0.717, 1.165) is 11.3 Å². The van der Waals surface area contributed by atoms with Gasteiger partial charge in [0.25, 0.3) is 0 Å². The third kappa shape index (κ3) is 3.99. The van der Waals surface area contributed by atoms with Gasteiger partial charge < -0.3 is 24.4 Å². The Labute approximate surface area is 157 Å². The van der Waals surface area contributed by atoms with E-state index >= 15 is 0 Å². The van der Waals surface area contributed by atoms with Gasteiger partial charge in [0.05, 0.1) is 21.3 Å². The zero-order chi connectivity index (χ0) is 18.5. The summed E-state index contributed by atoms with van der Waals surface area (Å²) in [7, 11) is 4.84. The molecule has 0 bridgehead atoms. The number of thioether (sulfide) groups is 1. The molecule has 1 saturated heterocycles. The molecule has 1 aliphatic heterocycles. The number of carbonyl (C=O) groups excluding carboxylic acids is 1. The summed E-state index contributed by atoms with van der Waals surface area (Å²) < 4.78 is 15.9. The Balaban J connectivity index is 1.80. The first-order chi connectivity index (χ1) is 12.6. The first kappa shape index (κ1) is 18.3. The molecule has 6 nitrogen and oxygen atoms in total. The molecule has 1 atom stereocenters. The number of rotatable bonds is 5. The van der Waals surface area contributed by atoms with Gasteiger partial charge >= 0.3 is 6.03 Å². The molecule has 0 aliphatic carbocycles.